The Morgan fingerprint density at radius 2 is 1.38 bits per heavy atom. The van der Waals surface area contributed by atoms with Crippen LogP contribution in [-0.2, 0) is 23.9 Å². The van der Waals surface area contributed by atoms with E-state index in [9.17, 15) is 14.4 Å². The molecule has 0 rings (SSSR count). The average molecular weight is 407 g/mol. The molecule has 0 N–H and O–H groups in total. The van der Waals surface area contributed by atoms with Gasteiger partial charge in [0, 0.05) is 24.8 Å². The molecule has 0 amide bonds. The number of ketones is 1. The third-order valence-electron chi connectivity index (χ3n) is 4.50. The summed E-state index contributed by atoms with van der Waals surface area (Å²) in [5, 5.41) is 0. The van der Waals surface area contributed by atoms with Crippen LogP contribution >= 0.6 is 0 Å². The molecule has 0 aromatic carbocycles. The molecule has 0 aliphatic rings. The maximum atomic E-state index is 12.1. The molecule has 0 spiro atoms. The summed E-state index contributed by atoms with van der Waals surface area (Å²) >= 11 is 0. The zero-order valence-corrected chi connectivity index (χ0v) is 19.0. The number of rotatable bonds is 14. The molecule has 0 aromatic heterocycles. The molecule has 164 valence electrons. The van der Waals surface area contributed by atoms with E-state index >= 15 is 0 Å². The molecule has 0 aliphatic carbocycles. The Morgan fingerprint density at radius 1 is 0.793 bits per heavy atom. The van der Waals surface area contributed by atoms with Gasteiger partial charge in [0.25, 0.3) is 0 Å². The standard InChI is InChI=1S/C24H38O5/c1-7-28-24(27)22(14-15-23(26)18(2)3)13-9-12-19(4)10-8-11-20(5)16-17-29-21(6)25/h10,13,16,18H,7-9,11-12,14-15,17H2,1-6H3/b19-10+,20-16+,22-13-. The smallest absolute Gasteiger partial charge is 0.333 e. The van der Waals surface area contributed by atoms with E-state index in [1.165, 1.54) is 18.1 Å². The summed E-state index contributed by atoms with van der Waals surface area (Å²) < 4.78 is 10.0. The predicted octanol–water partition coefficient (Wildman–Crippen LogP) is 5.50. The van der Waals surface area contributed by atoms with E-state index in [4.69, 9.17) is 9.47 Å². The van der Waals surface area contributed by atoms with Crippen molar-refractivity contribution in [2.75, 3.05) is 13.2 Å². The average Bonchev–Trinajstić information content (AvgIpc) is 2.63. The minimum absolute atomic E-state index is 0.0184. The van der Waals surface area contributed by atoms with Crippen molar-refractivity contribution >= 4 is 17.7 Å². The maximum Gasteiger partial charge on any atom is 0.333 e. The summed E-state index contributed by atoms with van der Waals surface area (Å²) in [4.78, 5) is 34.7. The Labute approximate surface area is 176 Å². The Morgan fingerprint density at radius 3 is 1.93 bits per heavy atom. The number of ether oxygens (including phenoxy) is 2. The van der Waals surface area contributed by atoms with Crippen LogP contribution in [0.4, 0.5) is 0 Å². The van der Waals surface area contributed by atoms with Crippen molar-refractivity contribution in [3.8, 4) is 0 Å². The molecule has 29 heavy (non-hydrogen) atoms. The quantitative estimate of drug-likeness (QED) is 0.216. The van der Waals surface area contributed by atoms with Crippen LogP contribution in [0.15, 0.2) is 34.9 Å². The lowest BCUT2D eigenvalue weighted by molar-refractivity contribution is -0.140. The maximum absolute atomic E-state index is 12.1. The van der Waals surface area contributed by atoms with Crippen molar-refractivity contribution in [2.24, 2.45) is 5.92 Å². The fourth-order valence-electron chi connectivity index (χ4n) is 2.58. The van der Waals surface area contributed by atoms with Gasteiger partial charge >= 0.3 is 11.9 Å². The van der Waals surface area contributed by atoms with Gasteiger partial charge < -0.3 is 9.47 Å². The number of esters is 2. The molecule has 5 heteroatoms. The molecular formula is C24H38O5. The molecule has 0 saturated carbocycles. The predicted molar refractivity (Wildman–Crippen MR) is 116 cm³/mol. The second-order valence-corrected chi connectivity index (χ2v) is 7.55. The fourth-order valence-corrected chi connectivity index (χ4v) is 2.58. The second kappa shape index (κ2) is 15.7. The molecule has 0 saturated heterocycles. The first-order chi connectivity index (χ1) is 13.7. The van der Waals surface area contributed by atoms with E-state index in [0.717, 1.165) is 25.7 Å². The molecule has 0 atom stereocenters. The molecule has 0 aliphatic heterocycles. The van der Waals surface area contributed by atoms with E-state index in [1.807, 2.05) is 32.9 Å². The van der Waals surface area contributed by atoms with E-state index in [1.54, 1.807) is 6.92 Å². The number of hydrogen-bond acceptors (Lipinski definition) is 5. The van der Waals surface area contributed by atoms with Gasteiger partial charge in [-0.3, -0.25) is 9.59 Å². The normalized spacial score (nSPS) is 12.9. The Kier molecular flexibility index (Phi) is 14.5. The third kappa shape index (κ3) is 14.5. The van der Waals surface area contributed by atoms with Crippen molar-refractivity contribution in [3.05, 3.63) is 34.9 Å². The van der Waals surface area contributed by atoms with Crippen molar-refractivity contribution in [1.82, 2.24) is 0 Å². The minimum Gasteiger partial charge on any atom is -0.463 e. The highest BCUT2D eigenvalue weighted by atomic mass is 16.5. The summed E-state index contributed by atoms with van der Waals surface area (Å²) in [7, 11) is 0. The second-order valence-electron chi connectivity index (χ2n) is 7.55. The Hall–Kier alpha value is -2.17. The van der Waals surface area contributed by atoms with Crippen LogP contribution in [0.3, 0.4) is 0 Å². The van der Waals surface area contributed by atoms with Gasteiger partial charge in [-0.25, -0.2) is 4.79 Å². The lowest BCUT2D eigenvalue weighted by Crippen LogP contribution is -2.12. The van der Waals surface area contributed by atoms with Gasteiger partial charge in [0.1, 0.15) is 12.4 Å². The van der Waals surface area contributed by atoms with E-state index in [2.05, 4.69) is 13.0 Å². The summed E-state index contributed by atoms with van der Waals surface area (Å²) in [6.07, 6.45) is 10.3. The largest absolute Gasteiger partial charge is 0.463 e. The molecule has 0 unspecified atom stereocenters. The summed E-state index contributed by atoms with van der Waals surface area (Å²) in [5.41, 5.74) is 3.04. The molecule has 5 nitrogen and oxygen atoms in total. The monoisotopic (exact) mass is 406 g/mol. The first kappa shape index (κ1) is 26.8. The van der Waals surface area contributed by atoms with Crippen LogP contribution in [0.25, 0.3) is 0 Å². The minimum atomic E-state index is -0.320. The van der Waals surface area contributed by atoms with Gasteiger partial charge in [0.2, 0.25) is 0 Å². The van der Waals surface area contributed by atoms with Gasteiger partial charge in [-0.05, 0) is 59.0 Å². The van der Waals surface area contributed by atoms with E-state index in [-0.39, 0.29) is 23.6 Å². The van der Waals surface area contributed by atoms with Crippen LogP contribution < -0.4 is 0 Å². The number of allylic oxidation sites excluding steroid dienone is 4. The highest BCUT2D eigenvalue weighted by Crippen LogP contribution is 2.15. The lowest BCUT2D eigenvalue weighted by Gasteiger charge is -2.08. The highest BCUT2D eigenvalue weighted by molar-refractivity contribution is 5.90. The van der Waals surface area contributed by atoms with Gasteiger partial charge in [-0.1, -0.05) is 37.1 Å². The summed E-state index contributed by atoms with van der Waals surface area (Å²) in [6, 6.07) is 0. The molecule has 0 fully saturated rings. The van der Waals surface area contributed by atoms with Crippen molar-refractivity contribution < 1.29 is 23.9 Å². The number of Topliss-reactive ketones (excluding diaryl/α,β-unsaturated/α-hetero) is 1. The van der Waals surface area contributed by atoms with Gasteiger partial charge in [-0.2, -0.15) is 0 Å². The molecule has 0 bridgehead atoms. The SMILES string of the molecule is CCOC(=O)/C(=C\CC/C(C)=C/CC/C(C)=C/COC(C)=O)CCC(=O)C(C)C. The first-order valence-electron chi connectivity index (χ1n) is 10.5. The zero-order valence-electron chi connectivity index (χ0n) is 19.0. The summed E-state index contributed by atoms with van der Waals surface area (Å²) in [5.74, 6) is -0.448. The summed E-state index contributed by atoms with van der Waals surface area (Å²) in [6.45, 7) is 11.7. The fraction of sp³-hybridized carbons (Fsp3) is 0.625. The van der Waals surface area contributed by atoms with Crippen LogP contribution in [0, 0.1) is 5.92 Å². The van der Waals surface area contributed by atoms with Crippen LogP contribution in [0.5, 0.6) is 0 Å². The van der Waals surface area contributed by atoms with Gasteiger partial charge in [-0.15, -0.1) is 0 Å². The first-order valence-corrected chi connectivity index (χ1v) is 10.5. The van der Waals surface area contributed by atoms with Gasteiger partial charge in [0.15, 0.2) is 0 Å². The van der Waals surface area contributed by atoms with Gasteiger partial charge in [0.05, 0.1) is 6.61 Å². The number of carbonyl (C=O) groups excluding carboxylic acids is 3. The van der Waals surface area contributed by atoms with E-state index in [0.29, 0.717) is 31.6 Å². The number of carbonyl (C=O) groups is 3. The lowest BCUT2D eigenvalue weighted by atomic mass is 9.99. The van der Waals surface area contributed by atoms with Crippen molar-refractivity contribution in [1.29, 1.82) is 0 Å². The molecule has 0 radical (unpaired) electrons. The van der Waals surface area contributed by atoms with Crippen LogP contribution in [-0.4, -0.2) is 30.9 Å². The Bertz CT molecular complexity index is 623. The molecule has 0 heterocycles. The topological polar surface area (TPSA) is 69.7 Å². The zero-order chi connectivity index (χ0) is 22.2. The van der Waals surface area contributed by atoms with Crippen molar-refractivity contribution in [2.45, 2.75) is 80.1 Å². The third-order valence-corrected chi connectivity index (χ3v) is 4.50. The number of hydrogen-bond donors (Lipinski definition) is 0. The molecule has 0 aromatic rings. The van der Waals surface area contributed by atoms with Crippen molar-refractivity contribution in [3.63, 3.8) is 0 Å². The Balaban J connectivity index is 4.56. The molecular weight excluding hydrogens is 368 g/mol. The van der Waals surface area contributed by atoms with E-state index < -0.39 is 0 Å². The van der Waals surface area contributed by atoms with Crippen LogP contribution in [0.2, 0.25) is 0 Å². The highest BCUT2D eigenvalue weighted by Gasteiger charge is 2.14. The van der Waals surface area contributed by atoms with Crippen LogP contribution in [0.1, 0.15) is 80.1 Å².